The van der Waals surface area contributed by atoms with Gasteiger partial charge in [-0.25, -0.2) is 0 Å². The van der Waals surface area contributed by atoms with Crippen molar-refractivity contribution in [1.82, 2.24) is 0 Å². The van der Waals surface area contributed by atoms with Crippen molar-refractivity contribution < 1.29 is 0 Å². The standard InChI is InChI=1S/C22H22Br2/c23-21-6-12-16-8-2-4-10-13-7-1-3-9(14(8)13)17(21)15(7)11-5-22(24,18(10)16)20(12)19(11)21/h7-14,19-20H,1-6H2/t7-,8-,9+,10+,11+,12+,13-,14+,19-,20+,21+,22+/m0/s1. The molecule has 0 aromatic carbocycles. The number of alkyl halides is 2. The number of allylic oxidation sites excluding steroid dienone is 4. The van der Waals surface area contributed by atoms with Gasteiger partial charge in [0.1, 0.15) is 0 Å². The lowest BCUT2D eigenvalue weighted by Gasteiger charge is -2.65. The van der Waals surface area contributed by atoms with Crippen molar-refractivity contribution >= 4 is 31.9 Å². The molecule has 10 rings (SSSR count). The molecule has 124 valence electrons. The Kier molecular flexibility index (Phi) is 1.72. The Morgan fingerprint density at radius 3 is 1.46 bits per heavy atom. The van der Waals surface area contributed by atoms with Gasteiger partial charge in [0.2, 0.25) is 0 Å². The first-order chi connectivity index (χ1) is 11.6. The summed E-state index contributed by atoms with van der Waals surface area (Å²) in [6, 6.07) is 0. The fourth-order valence-electron chi connectivity index (χ4n) is 11.5. The predicted molar refractivity (Wildman–Crippen MR) is 100.0 cm³/mol. The normalized spacial score (nSPS) is 73.2. The molecule has 10 aliphatic rings. The van der Waals surface area contributed by atoms with Crippen molar-refractivity contribution in [1.29, 1.82) is 0 Å². The van der Waals surface area contributed by atoms with Crippen LogP contribution in [0.15, 0.2) is 22.3 Å². The zero-order valence-corrected chi connectivity index (χ0v) is 16.9. The van der Waals surface area contributed by atoms with E-state index >= 15 is 0 Å². The summed E-state index contributed by atoms with van der Waals surface area (Å²) in [6.07, 6.45) is 9.11. The minimum atomic E-state index is 0.429. The minimum absolute atomic E-state index is 0.429. The number of hydrogen-bond donors (Lipinski definition) is 0. The van der Waals surface area contributed by atoms with Gasteiger partial charge in [0.15, 0.2) is 0 Å². The summed E-state index contributed by atoms with van der Waals surface area (Å²) in [6.45, 7) is 0. The van der Waals surface area contributed by atoms with E-state index in [-0.39, 0.29) is 0 Å². The number of rotatable bonds is 0. The molecule has 12 atom stereocenters. The van der Waals surface area contributed by atoms with Crippen molar-refractivity contribution in [2.24, 2.45) is 59.2 Å². The van der Waals surface area contributed by atoms with Gasteiger partial charge < -0.3 is 0 Å². The first-order valence-corrected chi connectivity index (χ1v) is 12.1. The number of halogens is 2. The lowest BCUT2D eigenvalue weighted by molar-refractivity contribution is -0.0275. The van der Waals surface area contributed by atoms with Gasteiger partial charge in [-0.1, -0.05) is 43.0 Å². The molecule has 0 unspecified atom stereocenters. The first kappa shape index (κ1) is 12.8. The number of hydrogen-bond acceptors (Lipinski definition) is 0. The summed E-state index contributed by atoms with van der Waals surface area (Å²) in [7, 11) is 0. The van der Waals surface area contributed by atoms with Crippen molar-refractivity contribution in [3.63, 3.8) is 0 Å². The van der Waals surface area contributed by atoms with E-state index in [9.17, 15) is 0 Å². The molecule has 0 spiro atoms. The van der Waals surface area contributed by atoms with Gasteiger partial charge in [-0.3, -0.25) is 0 Å². The third-order valence-corrected chi connectivity index (χ3v) is 13.6. The predicted octanol–water partition coefficient (Wildman–Crippen LogP) is 5.47. The van der Waals surface area contributed by atoms with Crippen LogP contribution >= 0.6 is 31.9 Å². The largest absolute Gasteiger partial charge is 0.0801 e. The molecule has 2 heteroatoms. The molecule has 0 aromatic heterocycles. The summed E-state index contributed by atoms with van der Waals surface area (Å²) < 4.78 is 0.858. The highest BCUT2D eigenvalue weighted by Gasteiger charge is 2.82. The van der Waals surface area contributed by atoms with Gasteiger partial charge in [0.05, 0.1) is 8.65 Å². The summed E-state index contributed by atoms with van der Waals surface area (Å²) in [4.78, 5) is 0. The van der Waals surface area contributed by atoms with Crippen molar-refractivity contribution in [2.45, 2.75) is 47.2 Å². The van der Waals surface area contributed by atoms with Gasteiger partial charge in [0.25, 0.3) is 0 Å². The Morgan fingerprint density at radius 2 is 1.00 bits per heavy atom. The SMILES string of the molecule is Br[C@]12C[C@@H]3C4=C5[C@@H]6CC[C@H]4[C@H]4[C@H]6[C@@H]6CC[C@H]4C1=C6[C@H]1C[C@]5(Br)[C@H]3[C@H]12. The topological polar surface area (TPSA) is 0 Å². The van der Waals surface area contributed by atoms with Gasteiger partial charge >= 0.3 is 0 Å². The van der Waals surface area contributed by atoms with E-state index in [0.29, 0.717) is 8.65 Å². The van der Waals surface area contributed by atoms with Gasteiger partial charge in [-0.2, -0.15) is 0 Å². The second-order valence-corrected chi connectivity index (χ2v) is 13.7. The van der Waals surface area contributed by atoms with E-state index in [1.165, 1.54) is 25.7 Å². The summed E-state index contributed by atoms with van der Waals surface area (Å²) in [5.74, 6) is 9.84. The van der Waals surface area contributed by atoms with E-state index in [4.69, 9.17) is 0 Å². The van der Waals surface area contributed by atoms with Crippen LogP contribution in [0.1, 0.15) is 38.5 Å². The van der Waals surface area contributed by atoms with Crippen molar-refractivity contribution in [3.8, 4) is 0 Å². The molecule has 4 bridgehead atoms. The third-order valence-electron chi connectivity index (χ3n) is 11.1. The van der Waals surface area contributed by atoms with Crippen LogP contribution in [0.25, 0.3) is 0 Å². The molecule has 0 heterocycles. The molecule has 4 fully saturated rings. The van der Waals surface area contributed by atoms with E-state index in [2.05, 4.69) is 43.0 Å². The van der Waals surface area contributed by atoms with E-state index in [1.54, 1.807) is 12.8 Å². The monoisotopic (exact) mass is 444 g/mol. The average Bonchev–Trinajstić information content (AvgIpc) is 3.23. The van der Waals surface area contributed by atoms with Gasteiger partial charge in [0, 0.05) is 0 Å². The summed E-state index contributed by atoms with van der Waals surface area (Å²) in [5.41, 5.74) is 8.20. The van der Waals surface area contributed by atoms with Crippen LogP contribution in [0.3, 0.4) is 0 Å². The van der Waals surface area contributed by atoms with Crippen LogP contribution in [-0.4, -0.2) is 8.65 Å². The van der Waals surface area contributed by atoms with Gasteiger partial charge in [-0.05, 0) is 109 Å². The maximum atomic E-state index is 4.50. The third kappa shape index (κ3) is 0.877. The van der Waals surface area contributed by atoms with E-state index in [0.717, 1.165) is 59.2 Å². The minimum Gasteiger partial charge on any atom is -0.0801 e. The average molecular weight is 446 g/mol. The molecular formula is C22H22Br2. The zero-order valence-electron chi connectivity index (χ0n) is 13.8. The molecule has 0 saturated heterocycles. The zero-order chi connectivity index (χ0) is 15.3. The lowest BCUT2D eigenvalue weighted by atomic mass is 9.41. The molecule has 10 aliphatic carbocycles. The summed E-state index contributed by atoms with van der Waals surface area (Å²) in [5, 5.41) is 0. The second-order valence-electron chi connectivity index (χ2n) is 10.9. The Morgan fingerprint density at radius 1 is 0.583 bits per heavy atom. The van der Waals surface area contributed by atoms with Crippen LogP contribution in [0.2, 0.25) is 0 Å². The smallest absolute Gasteiger partial charge is 0.0514 e. The van der Waals surface area contributed by atoms with Crippen molar-refractivity contribution in [2.75, 3.05) is 0 Å². The highest BCUT2D eigenvalue weighted by atomic mass is 79.9. The number of fused-ring (bicyclic) bond motifs is 2. The fraction of sp³-hybridized carbons (Fsp3) is 0.818. The quantitative estimate of drug-likeness (QED) is 0.342. The molecule has 0 aromatic rings. The van der Waals surface area contributed by atoms with Crippen LogP contribution < -0.4 is 0 Å². The molecular weight excluding hydrogens is 424 g/mol. The summed E-state index contributed by atoms with van der Waals surface area (Å²) >= 11 is 9.00. The van der Waals surface area contributed by atoms with Crippen LogP contribution in [0, 0.1) is 59.2 Å². The Labute approximate surface area is 160 Å². The highest BCUT2D eigenvalue weighted by Crippen LogP contribution is 2.87. The maximum absolute atomic E-state index is 4.50. The first-order valence-electron chi connectivity index (χ1n) is 10.5. The molecule has 0 nitrogen and oxygen atoms in total. The molecule has 0 N–H and O–H groups in total. The van der Waals surface area contributed by atoms with Crippen LogP contribution in [0.5, 0.6) is 0 Å². The van der Waals surface area contributed by atoms with Gasteiger partial charge in [-0.15, -0.1) is 0 Å². The second kappa shape index (κ2) is 3.23. The van der Waals surface area contributed by atoms with Crippen LogP contribution in [0.4, 0.5) is 0 Å². The van der Waals surface area contributed by atoms with E-state index < -0.39 is 0 Å². The van der Waals surface area contributed by atoms with E-state index in [1.807, 2.05) is 11.1 Å². The Hall–Kier alpha value is 0.440. The molecule has 0 amide bonds. The highest BCUT2D eigenvalue weighted by molar-refractivity contribution is 9.10. The molecule has 0 radical (unpaired) electrons. The fourth-order valence-corrected chi connectivity index (χ4v) is 14.4. The molecule has 4 saturated carbocycles. The van der Waals surface area contributed by atoms with Crippen molar-refractivity contribution in [3.05, 3.63) is 22.3 Å². The Bertz CT molecular complexity index is 782. The van der Waals surface area contributed by atoms with Crippen LogP contribution in [-0.2, 0) is 0 Å². The maximum Gasteiger partial charge on any atom is 0.0514 e. The Balaban J connectivity index is 1.54. The molecule has 24 heavy (non-hydrogen) atoms. The molecule has 0 aliphatic heterocycles. The lowest BCUT2D eigenvalue weighted by Crippen LogP contribution is -2.58.